The maximum absolute atomic E-state index is 12.4. The molecule has 22 heavy (non-hydrogen) atoms. The van der Waals surface area contributed by atoms with Gasteiger partial charge in [0.2, 0.25) is 5.91 Å². The van der Waals surface area contributed by atoms with Crippen LogP contribution in [0.25, 0.3) is 0 Å². The Morgan fingerprint density at radius 1 is 1.23 bits per heavy atom. The van der Waals surface area contributed by atoms with Crippen LogP contribution in [0.15, 0.2) is 24.3 Å². The predicted molar refractivity (Wildman–Crippen MR) is 85.9 cm³/mol. The van der Waals surface area contributed by atoms with E-state index in [2.05, 4.69) is 20.8 Å². The van der Waals surface area contributed by atoms with Crippen molar-refractivity contribution in [2.45, 2.75) is 40.0 Å². The van der Waals surface area contributed by atoms with Crippen LogP contribution in [0, 0.1) is 11.3 Å². The van der Waals surface area contributed by atoms with Gasteiger partial charge in [-0.2, -0.15) is 0 Å². The van der Waals surface area contributed by atoms with E-state index >= 15 is 0 Å². The Bertz CT molecular complexity index is 552. The van der Waals surface area contributed by atoms with Crippen LogP contribution in [0.5, 0.6) is 0 Å². The summed E-state index contributed by atoms with van der Waals surface area (Å²) in [5, 5.41) is 9.00. The summed E-state index contributed by atoms with van der Waals surface area (Å²) in [6.45, 7) is 8.38. The minimum Gasteiger partial charge on any atom is -0.478 e. The highest BCUT2D eigenvalue weighted by Gasteiger charge is 2.30. The summed E-state index contributed by atoms with van der Waals surface area (Å²) in [5.41, 5.74) is 1.30. The Morgan fingerprint density at radius 3 is 2.41 bits per heavy atom. The third-order valence-corrected chi connectivity index (χ3v) is 4.60. The zero-order valence-electron chi connectivity index (χ0n) is 13.6. The molecule has 0 aromatic heterocycles. The van der Waals surface area contributed by atoms with E-state index in [1.165, 1.54) is 0 Å². The van der Waals surface area contributed by atoms with E-state index in [-0.39, 0.29) is 17.9 Å². The lowest BCUT2D eigenvalue weighted by Gasteiger charge is -2.38. The highest BCUT2D eigenvalue weighted by Crippen LogP contribution is 2.34. The predicted octanol–water partition coefficient (Wildman–Crippen LogP) is 3.21. The number of carbonyl (C=O) groups excluding carboxylic acids is 1. The minimum atomic E-state index is -0.958. The molecule has 0 bridgehead atoms. The second kappa shape index (κ2) is 6.51. The summed E-state index contributed by atoms with van der Waals surface area (Å²) in [6, 6.07) is 6.64. The standard InChI is InChI=1S/C18H25NO3/c1-18(2,3)15-7-9-19(10-8-15)16(20)12-13-5-4-6-14(11-13)17(21)22/h4-6,11,15H,7-10,12H2,1-3H3,(H,21,22). The molecule has 0 aliphatic carbocycles. The average Bonchev–Trinajstić information content (AvgIpc) is 2.46. The first-order valence-electron chi connectivity index (χ1n) is 7.87. The van der Waals surface area contributed by atoms with Gasteiger partial charge in [0, 0.05) is 13.1 Å². The van der Waals surface area contributed by atoms with Crippen LogP contribution in [0.3, 0.4) is 0 Å². The van der Waals surface area contributed by atoms with Crippen molar-refractivity contribution in [2.75, 3.05) is 13.1 Å². The van der Waals surface area contributed by atoms with Crippen molar-refractivity contribution in [3.05, 3.63) is 35.4 Å². The molecule has 1 aromatic rings. The van der Waals surface area contributed by atoms with E-state index in [0.717, 1.165) is 31.5 Å². The lowest BCUT2D eigenvalue weighted by molar-refractivity contribution is -0.132. The topological polar surface area (TPSA) is 57.6 Å². The Hall–Kier alpha value is -1.84. The van der Waals surface area contributed by atoms with Crippen molar-refractivity contribution in [1.82, 2.24) is 4.90 Å². The summed E-state index contributed by atoms with van der Waals surface area (Å²) in [7, 11) is 0. The molecule has 0 atom stereocenters. The molecule has 1 saturated heterocycles. The zero-order valence-corrected chi connectivity index (χ0v) is 13.6. The van der Waals surface area contributed by atoms with Crippen molar-refractivity contribution in [3.8, 4) is 0 Å². The van der Waals surface area contributed by atoms with Crippen LogP contribution in [-0.4, -0.2) is 35.0 Å². The third-order valence-electron chi connectivity index (χ3n) is 4.60. The molecule has 1 amide bonds. The minimum absolute atomic E-state index is 0.0925. The van der Waals surface area contributed by atoms with E-state index < -0.39 is 5.97 Å². The van der Waals surface area contributed by atoms with E-state index in [4.69, 9.17) is 5.11 Å². The SMILES string of the molecule is CC(C)(C)C1CCN(C(=O)Cc2cccc(C(=O)O)c2)CC1. The van der Waals surface area contributed by atoms with Crippen molar-refractivity contribution >= 4 is 11.9 Å². The number of carboxylic acid groups (broad SMARTS) is 1. The lowest BCUT2D eigenvalue weighted by Crippen LogP contribution is -2.42. The number of piperidine rings is 1. The zero-order chi connectivity index (χ0) is 16.3. The Morgan fingerprint density at radius 2 is 1.86 bits per heavy atom. The van der Waals surface area contributed by atoms with Crippen LogP contribution < -0.4 is 0 Å². The number of amides is 1. The van der Waals surface area contributed by atoms with E-state index in [0.29, 0.717) is 11.3 Å². The molecule has 4 heteroatoms. The first-order valence-corrected chi connectivity index (χ1v) is 7.87. The van der Waals surface area contributed by atoms with Gasteiger partial charge < -0.3 is 10.0 Å². The number of benzene rings is 1. The molecule has 0 unspecified atom stereocenters. The highest BCUT2D eigenvalue weighted by atomic mass is 16.4. The fourth-order valence-electron chi connectivity index (χ4n) is 3.10. The average molecular weight is 303 g/mol. The maximum atomic E-state index is 12.4. The smallest absolute Gasteiger partial charge is 0.335 e. The molecule has 4 nitrogen and oxygen atoms in total. The molecule has 0 spiro atoms. The molecular formula is C18H25NO3. The van der Waals surface area contributed by atoms with Crippen LogP contribution in [-0.2, 0) is 11.2 Å². The molecule has 2 rings (SSSR count). The molecule has 1 aliphatic heterocycles. The van der Waals surface area contributed by atoms with Crippen LogP contribution in [0.2, 0.25) is 0 Å². The molecule has 0 radical (unpaired) electrons. The number of nitrogens with zero attached hydrogens (tertiary/aromatic N) is 1. The molecule has 1 heterocycles. The van der Waals surface area contributed by atoms with Gasteiger partial charge in [-0.25, -0.2) is 4.79 Å². The summed E-state index contributed by atoms with van der Waals surface area (Å²) < 4.78 is 0. The molecular weight excluding hydrogens is 278 g/mol. The summed E-state index contributed by atoms with van der Waals surface area (Å²) in [5.74, 6) is -0.206. The van der Waals surface area contributed by atoms with Crippen molar-refractivity contribution in [1.29, 1.82) is 0 Å². The largest absolute Gasteiger partial charge is 0.478 e. The molecule has 120 valence electrons. The normalized spacial score (nSPS) is 16.6. The fourth-order valence-corrected chi connectivity index (χ4v) is 3.10. The van der Waals surface area contributed by atoms with Crippen molar-refractivity contribution in [3.63, 3.8) is 0 Å². The van der Waals surface area contributed by atoms with Gasteiger partial charge in [-0.1, -0.05) is 32.9 Å². The molecule has 1 aliphatic rings. The Balaban J connectivity index is 1.94. The summed E-state index contributed by atoms with van der Waals surface area (Å²) in [4.78, 5) is 25.3. The van der Waals surface area contributed by atoms with Crippen molar-refractivity contribution in [2.24, 2.45) is 11.3 Å². The summed E-state index contributed by atoms with van der Waals surface area (Å²) in [6.07, 6.45) is 2.37. The molecule has 1 aromatic carbocycles. The monoisotopic (exact) mass is 303 g/mol. The molecule has 1 N–H and O–H groups in total. The summed E-state index contributed by atoms with van der Waals surface area (Å²) >= 11 is 0. The third kappa shape index (κ3) is 4.09. The quantitative estimate of drug-likeness (QED) is 0.933. The first-order chi connectivity index (χ1) is 10.3. The van der Waals surface area contributed by atoms with Gasteiger partial charge in [0.1, 0.15) is 0 Å². The van der Waals surface area contributed by atoms with Gasteiger partial charge in [-0.05, 0) is 41.9 Å². The van der Waals surface area contributed by atoms with E-state index in [9.17, 15) is 9.59 Å². The Labute approximate surface area is 132 Å². The van der Waals surface area contributed by atoms with Crippen LogP contribution in [0.1, 0.15) is 49.5 Å². The number of hydrogen-bond donors (Lipinski definition) is 1. The Kier molecular flexibility index (Phi) is 4.89. The van der Waals surface area contributed by atoms with Gasteiger partial charge >= 0.3 is 5.97 Å². The van der Waals surface area contributed by atoms with Crippen molar-refractivity contribution < 1.29 is 14.7 Å². The van der Waals surface area contributed by atoms with Crippen LogP contribution >= 0.6 is 0 Å². The number of carboxylic acids is 1. The highest BCUT2D eigenvalue weighted by molar-refractivity contribution is 5.88. The number of hydrogen-bond acceptors (Lipinski definition) is 2. The maximum Gasteiger partial charge on any atom is 0.335 e. The van der Waals surface area contributed by atoms with Gasteiger partial charge in [-0.3, -0.25) is 4.79 Å². The van der Waals surface area contributed by atoms with Gasteiger partial charge in [0.05, 0.1) is 12.0 Å². The second-order valence-electron chi connectivity index (χ2n) is 7.20. The molecule has 0 saturated carbocycles. The van der Waals surface area contributed by atoms with Gasteiger partial charge in [-0.15, -0.1) is 0 Å². The molecule has 1 fully saturated rings. The first kappa shape index (κ1) is 16.5. The van der Waals surface area contributed by atoms with Crippen LogP contribution in [0.4, 0.5) is 0 Å². The second-order valence-corrected chi connectivity index (χ2v) is 7.20. The van der Waals surface area contributed by atoms with Gasteiger partial charge in [0.15, 0.2) is 0 Å². The number of likely N-dealkylation sites (tertiary alicyclic amines) is 1. The fraction of sp³-hybridized carbons (Fsp3) is 0.556. The van der Waals surface area contributed by atoms with E-state index in [1.807, 2.05) is 11.0 Å². The van der Waals surface area contributed by atoms with Gasteiger partial charge in [0.25, 0.3) is 0 Å². The number of carbonyl (C=O) groups is 2. The number of rotatable bonds is 3. The van der Waals surface area contributed by atoms with E-state index in [1.54, 1.807) is 18.2 Å². The lowest BCUT2D eigenvalue weighted by atomic mass is 9.75. The number of aromatic carboxylic acids is 1.